The minimum atomic E-state index is -3.02. The smallest absolute Gasteiger partial charge is 0.223 e. The summed E-state index contributed by atoms with van der Waals surface area (Å²) in [7, 11) is -3.02. The van der Waals surface area contributed by atoms with Crippen molar-refractivity contribution in [2.45, 2.75) is 38.1 Å². The van der Waals surface area contributed by atoms with E-state index in [4.69, 9.17) is 0 Å². The Hall–Kier alpha value is -2.14. The maximum atomic E-state index is 13.2. The van der Waals surface area contributed by atoms with Crippen LogP contribution in [0.5, 0.6) is 0 Å². The highest BCUT2D eigenvalue weighted by molar-refractivity contribution is 7.91. The summed E-state index contributed by atoms with van der Waals surface area (Å²) in [6, 6.07) is 19.9. The van der Waals surface area contributed by atoms with E-state index in [0.717, 1.165) is 17.5 Å². The Kier molecular flexibility index (Phi) is 6.32. The number of hydrogen-bond donors (Lipinski definition) is 0. The molecule has 27 heavy (non-hydrogen) atoms. The zero-order valence-corrected chi connectivity index (χ0v) is 16.6. The van der Waals surface area contributed by atoms with E-state index < -0.39 is 9.84 Å². The number of rotatable bonds is 7. The quantitative estimate of drug-likeness (QED) is 0.731. The minimum Gasteiger partial charge on any atom is -0.339 e. The standard InChI is InChI=1S/C22H27NO3S/c1-2-14-23(20-13-15-27(25,26)17-20)22(24)16-21(18-9-5-3-6-10-18)19-11-7-4-8-12-19/h3-12,20-21H,2,13-17H2,1H3. The molecular formula is C22H27NO3S. The average molecular weight is 386 g/mol. The first-order valence-corrected chi connectivity index (χ1v) is 11.4. The molecule has 0 N–H and O–H groups in total. The fourth-order valence-corrected chi connectivity index (χ4v) is 5.59. The van der Waals surface area contributed by atoms with Gasteiger partial charge in [-0.05, 0) is 24.0 Å². The Morgan fingerprint density at radius 1 is 1.04 bits per heavy atom. The second-order valence-corrected chi connectivity index (χ2v) is 9.45. The van der Waals surface area contributed by atoms with E-state index in [9.17, 15) is 13.2 Å². The van der Waals surface area contributed by atoms with Gasteiger partial charge in [0.05, 0.1) is 11.5 Å². The summed E-state index contributed by atoms with van der Waals surface area (Å²) in [4.78, 5) is 15.0. The van der Waals surface area contributed by atoms with Crippen molar-refractivity contribution < 1.29 is 13.2 Å². The predicted octanol–water partition coefficient (Wildman–Crippen LogP) is 3.63. The Labute approximate surface area is 162 Å². The molecule has 0 saturated carbocycles. The first kappa shape index (κ1) is 19.6. The third kappa shape index (κ3) is 4.98. The number of amides is 1. The minimum absolute atomic E-state index is 0.0303. The van der Waals surface area contributed by atoms with E-state index in [-0.39, 0.29) is 29.4 Å². The van der Waals surface area contributed by atoms with Gasteiger partial charge in [0.15, 0.2) is 9.84 Å². The highest BCUT2D eigenvalue weighted by Crippen LogP contribution is 2.30. The molecule has 1 aliphatic heterocycles. The number of nitrogens with zero attached hydrogens (tertiary/aromatic N) is 1. The van der Waals surface area contributed by atoms with E-state index in [1.54, 1.807) is 0 Å². The van der Waals surface area contributed by atoms with Crippen molar-refractivity contribution in [2.24, 2.45) is 0 Å². The fourth-order valence-electron chi connectivity index (χ4n) is 3.86. The molecule has 1 saturated heterocycles. The Bertz CT molecular complexity index is 810. The lowest BCUT2D eigenvalue weighted by Crippen LogP contribution is -2.42. The number of sulfone groups is 1. The summed E-state index contributed by atoms with van der Waals surface area (Å²) >= 11 is 0. The lowest BCUT2D eigenvalue weighted by Gasteiger charge is -2.30. The van der Waals surface area contributed by atoms with Gasteiger partial charge in [-0.1, -0.05) is 67.6 Å². The molecule has 1 aliphatic rings. The van der Waals surface area contributed by atoms with Crippen LogP contribution >= 0.6 is 0 Å². The van der Waals surface area contributed by atoms with E-state index >= 15 is 0 Å². The molecule has 2 aromatic rings. The fraction of sp³-hybridized carbons (Fsp3) is 0.409. The Morgan fingerprint density at radius 2 is 1.59 bits per heavy atom. The van der Waals surface area contributed by atoms with Gasteiger partial charge in [0, 0.05) is 24.9 Å². The molecule has 5 heteroatoms. The van der Waals surface area contributed by atoms with E-state index in [1.807, 2.05) is 48.2 Å². The van der Waals surface area contributed by atoms with Gasteiger partial charge in [-0.2, -0.15) is 0 Å². The van der Waals surface area contributed by atoms with Crippen molar-refractivity contribution in [3.8, 4) is 0 Å². The van der Waals surface area contributed by atoms with Crippen LogP contribution < -0.4 is 0 Å². The Balaban J connectivity index is 1.84. The molecule has 3 rings (SSSR count). The van der Waals surface area contributed by atoms with Crippen molar-refractivity contribution in [3.63, 3.8) is 0 Å². The van der Waals surface area contributed by atoms with Crippen molar-refractivity contribution in [3.05, 3.63) is 71.8 Å². The zero-order chi connectivity index (χ0) is 19.3. The number of hydrogen-bond acceptors (Lipinski definition) is 3. The van der Waals surface area contributed by atoms with Gasteiger partial charge in [0.25, 0.3) is 0 Å². The van der Waals surface area contributed by atoms with Gasteiger partial charge in [-0.15, -0.1) is 0 Å². The second kappa shape index (κ2) is 8.70. The topological polar surface area (TPSA) is 54.5 Å². The lowest BCUT2D eigenvalue weighted by molar-refractivity contribution is -0.133. The van der Waals surface area contributed by atoms with Crippen LogP contribution in [0.15, 0.2) is 60.7 Å². The van der Waals surface area contributed by atoms with Gasteiger partial charge in [-0.3, -0.25) is 4.79 Å². The third-order valence-corrected chi connectivity index (χ3v) is 6.97. The first-order chi connectivity index (χ1) is 13.0. The number of benzene rings is 2. The van der Waals surface area contributed by atoms with Gasteiger partial charge in [-0.25, -0.2) is 8.42 Å². The maximum Gasteiger partial charge on any atom is 0.223 e. The molecule has 1 heterocycles. The average Bonchev–Trinajstić information content (AvgIpc) is 3.04. The van der Waals surface area contributed by atoms with Crippen LogP contribution in [0.2, 0.25) is 0 Å². The van der Waals surface area contributed by atoms with Gasteiger partial charge in [0.2, 0.25) is 5.91 Å². The summed E-state index contributed by atoms with van der Waals surface area (Å²) in [5.41, 5.74) is 2.21. The zero-order valence-electron chi connectivity index (χ0n) is 15.8. The molecule has 0 bridgehead atoms. The molecule has 144 valence electrons. The van der Waals surface area contributed by atoms with Crippen LogP contribution in [-0.4, -0.2) is 43.3 Å². The molecule has 0 spiro atoms. The summed E-state index contributed by atoms with van der Waals surface area (Å²) < 4.78 is 23.8. The lowest BCUT2D eigenvalue weighted by atomic mass is 9.88. The van der Waals surface area contributed by atoms with Crippen molar-refractivity contribution in [2.75, 3.05) is 18.1 Å². The summed E-state index contributed by atoms with van der Waals surface area (Å²) in [5, 5.41) is 0. The highest BCUT2D eigenvalue weighted by atomic mass is 32.2. The predicted molar refractivity (Wildman–Crippen MR) is 108 cm³/mol. The summed E-state index contributed by atoms with van der Waals surface area (Å²) in [6.45, 7) is 2.63. The van der Waals surface area contributed by atoms with Crippen molar-refractivity contribution in [1.29, 1.82) is 0 Å². The largest absolute Gasteiger partial charge is 0.339 e. The van der Waals surface area contributed by atoms with E-state index in [2.05, 4.69) is 24.3 Å². The van der Waals surface area contributed by atoms with Crippen molar-refractivity contribution >= 4 is 15.7 Å². The number of carbonyl (C=O) groups is 1. The normalized spacial score (nSPS) is 18.5. The molecule has 1 unspecified atom stereocenters. The van der Waals surface area contributed by atoms with Crippen LogP contribution in [-0.2, 0) is 14.6 Å². The van der Waals surface area contributed by atoms with E-state index in [0.29, 0.717) is 19.4 Å². The number of carbonyl (C=O) groups excluding carboxylic acids is 1. The molecular weight excluding hydrogens is 358 g/mol. The van der Waals surface area contributed by atoms with Crippen molar-refractivity contribution in [1.82, 2.24) is 4.90 Å². The monoisotopic (exact) mass is 385 g/mol. The van der Waals surface area contributed by atoms with E-state index in [1.165, 1.54) is 0 Å². The molecule has 0 radical (unpaired) electrons. The molecule has 2 aromatic carbocycles. The molecule has 1 amide bonds. The second-order valence-electron chi connectivity index (χ2n) is 7.22. The SMILES string of the molecule is CCCN(C(=O)CC(c1ccccc1)c1ccccc1)C1CCS(=O)(=O)C1. The van der Waals surface area contributed by atoms with Crippen LogP contribution in [0.4, 0.5) is 0 Å². The summed E-state index contributed by atoms with van der Waals surface area (Å²) in [6.07, 6.45) is 1.73. The molecule has 4 nitrogen and oxygen atoms in total. The molecule has 1 atom stereocenters. The van der Waals surface area contributed by atoms with Gasteiger partial charge >= 0.3 is 0 Å². The van der Waals surface area contributed by atoms with Crippen LogP contribution in [0.25, 0.3) is 0 Å². The van der Waals surface area contributed by atoms with Crippen LogP contribution in [0.1, 0.15) is 43.2 Å². The molecule has 0 aliphatic carbocycles. The first-order valence-electron chi connectivity index (χ1n) is 9.60. The Morgan fingerprint density at radius 3 is 2.04 bits per heavy atom. The van der Waals surface area contributed by atoms with Crippen LogP contribution in [0, 0.1) is 0 Å². The maximum absolute atomic E-state index is 13.2. The third-order valence-electron chi connectivity index (χ3n) is 5.22. The van der Waals surface area contributed by atoms with Gasteiger partial charge in [0.1, 0.15) is 0 Å². The highest BCUT2D eigenvalue weighted by Gasteiger charge is 2.35. The summed E-state index contributed by atoms with van der Waals surface area (Å²) in [5.74, 6) is 0.292. The van der Waals surface area contributed by atoms with Crippen LogP contribution in [0.3, 0.4) is 0 Å². The molecule has 1 fully saturated rings. The molecule has 0 aromatic heterocycles. The van der Waals surface area contributed by atoms with Gasteiger partial charge < -0.3 is 4.90 Å².